The zero-order chi connectivity index (χ0) is 16.5. The van der Waals surface area contributed by atoms with Crippen LogP contribution >= 0.6 is 0 Å². The van der Waals surface area contributed by atoms with E-state index in [4.69, 9.17) is 4.74 Å². The lowest BCUT2D eigenvalue weighted by Crippen LogP contribution is -2.40. The summed E-state index contributed by atoms with van der Waals surface area (Å²) in [7, 11) is 0. The molecule has 1 saturated carbocycles. The van der Waals surface area contributed by atoms with Gasteiger partial charge >= 0.3 is 6.09 Å². The van der Waals surface area contributed by atoms with Gasteiger partial charge in [0, 0.05) is 5.92 Å². The molecular formula is C20H21NO3. The van der Waals surface area contributed by atoms with Crippen LogP contribution in [0.3, 0.4) is 0 Å². The quantitative estimate of drug-likeness (QED) is 0.910. The van der Waals surface area contributed by atoms with E-state index >= 15 is 0 Å². The molecule has 0 saturated heterocycles. The summed E-state index contributed by atoms with van der Waals surface area (Å²) in [6, 6.07) is 16.4. The van der Waals surface area contributed by atoms with Gasteiger partial charge in [0.15, 0.2) is 0 Å². The van der Waals surface area contributed by atoms with Crippen molar-refractivity contribution in [1.29, 1.82) is 0 Å². The van der Waals surface area contributed by atoms with Crippen molar-refractivity contribution in [2.24, 2.45) is 0 Å². The van der Waals surface area contributed by atoms with Crippen LogP contribution in [0, 0.1) is 0 Å². The van der Waals surface area contributed by atoms with E-state index in [1.54, 1.807) is 0 Å². The summed E-state index contributed by atoms with van der Waals surface area (Å²) in [6.07, 6.45) is 1.60. The van der Waals surface area contributed by atoms with Crippen molar-refractivity contribution in [2.75, 3.05) is 6.61 Å². The van der Waals surface area contributed by atoms with Crippen LogP contribution in [0.1, 0.15) is 36.3 Å². The molecule has 0 bridgehead atoms. The summed E-state index contributed by atoms with van der Waals surface area (Å²) in [4.78, 5) is 12.1. The maximum absolute atomic E-state index is 12.1. The molecule has 4 rings (SSSR count). The number of amides is 1. The van der Waals surface area contributed by atoms with Crippen LogP contribution in [0.2, 0.25) is 0 Å². The molecule has 4 heteroatoms. The number of benzene rings is 2. The van der Waals surface area contributed by atoms with Crippen molar-refractivity contribution in [3.8, 4) is 11.1 Å². The average Bonchev–Trinajstić information content (AvgIpc) is 3.15. The van der Waals surface area contributed by atoms with Gasteiger partial charge in [-0.25, -0.2) is 4.79 Å². The molecule has 0 spiro atoms. The molecule has 2 aliphatic carbocycles. The summed E-state index contributed by atoms with van der Waals surface area (Å²) in [5.41, 5.74) is 4.83. The van der Waals surface area contributed by atoms with Gasteiger partial charge in [0.2, 0.25) is 0 Å². The summed E-state index contributed by atoms with van der Waals surface area (Å²) >= 11 is 0. The summed E-state index contributed by atoms with van der Waals surface area (Å²) in [5, 5.41) is 12.6. The van der Waals surface area contributed by atoms with Gasteiger partial charge in [-0.1, -0.05) is 48.5 Å². The molecule has 1 amide bonds. The van der Waals surface area contributed by atoms with Crippen LogP contribution in [-0.4, -0.2) is 30.0 Å². The Morgan fingerprint density at radius 2 is 1.67 bits per heavy atom. The van der Waals surface area contributed by atoms with Gasteiger partial charge in [-0.2, -0.15) is 0 Å². The van der Waals surface area contributed by atoms with Gasteiger partial charge in [-0.05, 0) is 41.5 Å². The molecule has 2 aromatic carbocycles. The first-order valence-electron chi connectivity index (χ1n) is 8.53. The van der Waals surface area contributed by atoms with E-state index in [9.17, 15) is 9.90 Å². The number of aliphatic hydroxyl groups is 1. The Bertz CT molecular complexity index is 713. The van der Waals surface area contributed by atoms with Crippen molar-refractivity contribution in [1.82, 2.24) is 5.32 Å². The monoisotopic (exact) mass is 323 g/mol. The number of fused-ring (bicyclic) bond motifs is 3. The SMILES string of the molecule is O=C(N[C@H]1CCC[C@@H]1O)OCC1c2ccccc2-c2ccccc21. The highest BCUT2D eigenvalue weighted by Crippen LogP contribution is 2.44. The Hall–Kier alpha value is -2.33. The first-order valence-corrected chi connectivity index (χ1v) is 8.53. The molecule has 2 N–H and O–H groups in total. The van der Waals surface area contributed by atoms with E-state index in [0.717, 1.165) is 19.3 Å². The first kappa shape index (κ1) is 15.2. The zero-order valence-corrected chi connectivity index (χ0v) is 13.4. The minimum absolute atomic E-state index is 0.0663. The van der Waals surface area contributed by atoms with E-state index in [1.807, 2.05) is 24.3 Å². The van der Waals surface area contributed by atoms with E-state index in [1.165, 1.54) is 22.3 Å². The van der Waals surface area contributed by atoms with Crippen LogP contribution in [0.5, 0.6) is 0 Å². The van der Waals surface area contributed by atoms with E-state index in [2.05, 4.69) is 29.6 Å². The second-order valence-corrected chi connectivity index (χ2v) is 6.57. The van der Waals surface area contributed by atoms with Crippen molar-refractivity contribution >= 4 is 6.09 Å². The number of carbonyl (C=O) groups is 1. The van der Waals surface area contributed by atoms with E-state index in [0.29, 0.717) is 6.61 Å². The maximum Gasteiger partial charge on any atom is 0.407 e. The fraction of sp³-hybridized carbons (Fsp3) is 0.350. The number of aliphatic hydroxyl groups excluding tert-OH is 1. The number of nitrogens with one attached hydrogen (secondary N) is 1. The third-order valence-electron chi connectivity index (χ3n) is 5.13. The predicted octanol–water partition coefficient (Wildman–Crippen LogP) is 3.44. The standard InChI is InChI=1S/C20H21NO3/c22-19-11-5-10-18(19)21-20(23)24-12-17-15-8-3-1-6-13(15)14-7-2-4-9-16(14)17/h1-4,6-9,17-19,22H,5,10-12H2,(H,21,23)/t18-,19-/m0/s1. The minimum Gasteiger partial charge on any atom is -0.449 e. The summed E-state index contributed by atoms with van der Waals surface area (Å²) in [5.74, 6) is 0.0663. The second kappa shape index (κ2) is 6.29. The lowest BCUT2D eigenvalue weighted by Gasteiger charge is -2.18. The van der Waals surface area contributed by atoms with Gasteiger partial charge < -0.3 is 15.2 Å². The van der Waals surface area contributed by atoms with E-state index < -0.39 is 12.2 Å². The fourth-order valence-corrected chi connectivity index (χ4v) is 3.90. The van der Waals surface area contributed by atoms with Crippen LogP contribution in [0.15, 0.2) is 48.5 Å². The lowest BCUT2D eigenvalue weighted by atomic mass is 9.98. The fourth-order valence-electron chi connectivity index (χ4n) is 3.90. The molecule has 0 unspecified atom stereocenters. The first-order chi connectivity index (χ1) is 11.7. The molecular weight excluding hydrogens is 302 g/mol. The normalized spacial score (nSPS) is 22.0. The molecule has 4 nitrogen and oxygen atoms in total. The van der Waals surface area contributed by atoms with Crippen molar-refractivity contribution in [3.63, 3.8) is 0 Å². The number of hydrogen-bond acceptors (Lipinski definition) is 3. The molecule has 1 fully saturated rings. The Kier molecular flexibility index (Phi) is 3.98. The largest absolute Gasteiger partial charge is 0.449 e. The molecule has 0 radical (unpaired) electrons. The highest BCUT2D eigenvalue weighted by Gasteiger charge is 2.30. The molecule has 2 atom stereocenters. The summed E-state index contributed by atoms with van der Waals surface area (Å²) < 4.78 is 5.49. The summed E-state index contributed by atoms with van der Waals surface area (Å²) in [6.45, 7) is 0.308. The van der Waals surface area contributed by atoms with Gasteiger partial charge in [-0.15, -0.1) is 0 Å². The molecule has 2 aliphatic rings. The number of carbonyl (C=O) groups excluding carboxylic acids is 1. The van der Waals surface area contributed by atoms with Crippen molar-refractivity contribution in [3.05, 3.63) is 59.7 Å². The number of rotatable bonds is 3. The average molecular weight is 323 g/mol. The number of ether oxygens (including phenoxy) is 1. The smallest absolute Gasteiger partial charge is 0.407 e. The third kappa shape index (κ3) is 2.67. The van der Waals surface area contributed by atoms with Crippen LogP contribution in [0.4, 0.5) is 4.79 Å². The Labute approximate surface area is 141 Å². The Morgan fingerprint density at radius 1 is 1.04 bits per heavy atom. The zero-order valence-electron chi connectivity index (χ0n) is 13.4. The molecule has 0 aromatic heterocycles. The van der Waals surface area contributed by atoms with Gasteiger partial charge in [-0.3, -0.25) is 0 Å². The number of hydrogen-bond donors (Lipinski definition) is 2. The highest BCUT2D eigenvalue weighted by molar-refractivity contribution is 5.79. The predicted molar refractivity (Wildman–Crippen MR) is 91.9 cm³/mol. The molecule has 2 aromatic rings. The molecule has 0 aliphatic heterocycles. The Morgan fingerprint density at radius 3 is 2.25 bits per heavy atom. The lowest BCUT2D eigenvalue weighted by molar-refractivity contribution is 0.115. The van der Waals surface area contributed by atoms with E-state index in [-0.39, 0.29) is 12.0 Å². The van der Waals surface area contributed by atoms with Gasteiger partial charge in [0.05, 0.1) is 12.1 Å². The highest BCUT2D eigenvalue weighted by atomic mass is 16.5. The maximum atomic E-state index is 12.1. The second-order valence-electron chi connectivity index (χ2n) is 6.57. The topological polar surface area (TPSA) is 58.6 Å². The Balaban J connectivity index is 1.47. The van der Waals surface area contributed by atoms with Gasteiger partial charge in [0.25, 0.3) is 0 Å². The number of alkyl carbamates (subject to hydrolysis) is 1. The van der Waals surface area contributed by atoms with Crippen molar-refractivity contribution < 1.29 is 14.6 Å². The molecule has 124 valence electrons. The van der Waals surface area contributed by atoms with Gasteiger partial charge in [0.1, 0.15) is 6.61 Å². The molecule has 0 heterocycles. The van der Waals surface area contributed by atoms with Crippen molar-refractivity contribution in [2.45, 2.75) is 37.3 Å². The third-order valence-corrected chi connectivity index (χ3v) is 5.13. The molecule has 24 heavy (non-hydrogen) atoms. The van der Waals surface area contributed by atoms with Crippen LogP contribution < -0.4 is 5.32 Å². The van der Waals surface area contributed by atoms with Crippen LogP contribution in [-0.2, 0) is 4.74 Å². The minimum atomic E-state index is -0.453. The van der Waals surface area contributed by atoms with Crippen LogP contribution in [0.25, 0.3) is 11.1 Å².